The Balaban J connectivity index is 1.36. The minimum Gasteiger partial charge on any atom is -0.410 e. The van der Waals surface area contributed by atoms with Crippen molar-refractivity contribution in [1.29, 1.82) is 0 Å². The van der Waals surface area contributed by atoms with Gasteiger partial charge in [-0.1, -0.05) is 59.8 Å². The molecule has 0 spiro atoms. The molecule has 2 aromatic carbocycles. The molecule has 5 rings (SSSR count). The quantitative estimate of drug-likeness (QED) is 0.359. The van der Waals surface area contributed by atoms with Crippen LogP contribution >= 0.6 is 34.7 Å². The first kappa shape index (κ1) is 17.0. The Labute approximate surface area is 170 Å². The number of thiophene rings is 1. The topological polar surface area (TPSA) is 38.9 Å². The van der Waals surface area contributed by atoms with E-state index >= 15 is 0 Å². The fraction of sp³-hybridized carbons (Fsp3) is 0.143. The Morgan fingerprint density at radius 1 is 1.00 bits per heavy atom. The molecule has 0 N–H and O–H groups in total. The summed E-state index contributed by atoms with van der Waals surface area (Å²) in [6.07, 6.45) is 2.15. The second kappa shape index (κ2) is 7.15. The summed E-state index contributed by atoms with van der Waals surface area (Å²) >= 11 is 9.21. The van der Waals surface area contributed by atoms with Gasteiger partial charge in [0.15, 0.2) is 0 Å². The van der Waals surface area contributed by atoms with Crippen LogP contribution in [-0.4, -0.2) is 10.2 Å². The summed E-state index contributed by atoms with van der Waals surface area (Å²) in [5.41, 5.74) is 5.31. The molecule has 0 amide bonds. The average Bonchev–Trinajstić information content (AvgIpc) is 3.34. The molecule has 0 radical (unpaired) electrons. The van der Waals surface area contributed by atoms with Gasteiger partial charge in [0.2, 0.25) is 0 Å². The van der Waals surface area contributed by atoms with E-state index in [2.05, 4.69) is 40.5 Å². The molecule has 2 heterocycles. The smallest absolute Gasteiger partial charge is 0.277 e. The van der Waals surface area contributed by atoms with E-state index in [9.17, 15) is 0 Å². The lowest BCUT2D eigenvalue weighted by atomic mass is 9.91. The average molecular weight is 411 g/mol. The van der Waals surface area contributed by atoms with Gasteiger partial charge in [-0.15, -0.1) is 21.5 Å². The Morgan fingerprint density at radius 3 is 2.70 bits per heavy atom. The Morgan fingerprint density at radius 2 is 1.81 bits per heavy atom. The van der Waals surface area contributed by atoms with Crippen LogP contribution in [0, 0.1) is 0 Å². The molecule has 0 fully saturated rings. The monoisotopic (exact) mass is 410 g/mol. The highest BCUT2D eigenvalue weighted by Gasteiger charge is 2.21. The van der Waals surface area contributed by atoms with Gasteiger partial charge >= 0.3 is 0 Å². The van der Waals surface area contributed by atoms with Gasteiger partial charge in [0.1, 0.15) is 0 Å². The number of halogens is 1. The minimum atomic E-state index is 0.590. The molecule has 1 aliphatic carbocycles. The Bertz CT molecular complexity index is 1100. The lowest BCUT2D eigenvalue weighted by Gasteiger charge is -2.15. The lowest BCUT2D eigenvalue weighted by molar-refractivity contribution is 0.466. The van der Waals surface area contributed by atoms with Crippen molar-refractivity contribution in [2.24, 2.45) is 0 Å². The van der Waals surface area contributed by atoms with Crippen LogP contribution in [0.1, 0.15) is 16.7 Å². The summed E-state index contributed by atoms with van der Waals surface area (Å²) in [6.45, 7) is 0. The van der Waals surface area contributed by atoms with Crippen molar-refractivity contribution in [3.63, 3.8) is 0 Å². The van der Waals surface area contributed by atoms with E-state index in [1.165, 1.54) is 38.9 Å². The van der Waals surface area contributed by atoms with Gasteiger partial charge in [0, 0.05) is 15.7 Å². The fourth-order valence-electron chi connectivity index (χ4n) is 3.27. The molecule has 2 aromatic heterocycles. The molecule has 0 unspecified atom stereocenters. The number of aryl methyl sites for hydroxylation is 2. The van der Waals surface area contributed by atoms with Gasteiger partial charge in [0.25, 0.3) is 11.1 Å². The van der Waals surface area contributed by atoms with E-state index < -0.39 is 0 Å². The largest absolute Gasteiger partial charge is 0.410 e. The maximum atomic E-state index is 5.93. The fourth-order valence-corrected chi connectivity index (χ4v) is 5.31. The molecule has 0 aliphatic heterocycles. The zero-order valence-electron chi connectivity index (χ0n) is 14.3. The van der Waals surface area contributed by atoms with Crippen molar-refractivity contribution in [1.82, 2.24) is 10.2 Å². The zero-order chi connectivity index (χ0) is 18.2. The van der Waals surface area contributed by atoms with Crippen LogP contribution in [0.3, 0.4) is 0 Å². The molecule has 0 saturated carbocycles. The first-order chi connectivity index (χ1) is 13.3. The van der Waals surface area contributed by atoms with Gasteiger partial charge in [0.05, 0.1) is 4.88 Å². The van der Waals surface area contributed by atoms with Crippen LogP contribution in [0.25, 0.3) is 21.2 Å². The number of benzene rings is 2. The first-order valence-electron chi connectivity index (χ1n) is 8.68. The standard InChI is InChI=1S/C21H15ClN2OS2/c22-16-9-5-13(6-10-16)12-26-21-24-23-20(25-21)18-11-15-8-7-14-3-1-2-4-17(14)19(15)27-18/h1-6,9-11H,7-8,12H2. The third kappa shape index (κ3) is 3.43. The van der Waals surface area contributed by atoms with Crippen molar-refractivity contribution in [2.75, 3.05) is 0 Å². The van der Waals surface area contributed by atoms with Crippen LogP contribution in [0.4, 0.5) is 0 Å². The van der Waals surface area contributed by atoms with E-state index in [0.717, 1.165) is 28.5 Å². The number of rotatable bonds is 4. The second-order valence-corrected chi connectivity index (χ2v) is 8.83. The Hall–Kier alpha value is -2.08. The number of nitrogens with zero attached hydrogens (tertiary/aromatic N) is 2. The number of hydrogen-bond donors (Lipinski definition) is 0. The zero-order valence-corrected chi connectivity index (χ0v) is 16.7. The summed E-state index contributed by atoms with van der Waals surface area (Å²) in [7, 11) is 0. The first-order valence-corrected chi connectivity index (χ1v) is 10.9. The van der Waals surface area contributed by atoms with Crippen LogP contribution in [0.5, 0.6) is 0 Å². The predicted octanol–water partition coefficient (Wildman–Crippen LogP) is 6.51. The maximum Gasteiger partial charge on any atom is 0.277 e. The van der Waals surface area contributed by atoms with Crippen LogP contribution in [-0.2, 0) is 18.6 Å². The third-order valence-corrected chi connectivity index (χ3v) is 6.97. The van der Waals surface area contributed by atoms with E-state index in [1.54, 1.807) is 11.3 Å². The summed E-state index contributed by atoms with van der Waals surface area (Å²) in [6, 6.07) is 18.7. The van der Waals surface area contributed by atoms with Crippen LogP contribution in [0.2, 0.25) is 5.02 Å². The van der Waals surface area contributed by atoms with Gasteiger partial charge in [-0.2, -0.15) is 0 Å². The molecular formula is C21H15ClN2OS2. The lowest BCUT2D eigenvalue weighted by Crippen LogP contribution is -2.00. The third-order valence-electron chi connectivity index (χ3n) is 4.63. The normalized spacial score (nSPS) is 12.6. The van der Waals surface area contributed by atoms with E-state index in [0.29, 0.717) is 11.1 Å². The number of fused-ring (bicyclic) bond motifs is 3. The van der Waals surface area contributed by atoms with Crippen LogP contribution in [0.15, 0.2) is 64.2 Å². The SMILES string of the molecule is Clc1ccc(CSc2nnc(-c3cc4c(s3)-c3ccccc3CC4)o2)cc1. The summed E-state index contributed by atoms with van der Waals surface area (Å²) in [4.78, 5) is 2.38. The summed E-state index contributed by atoms with van der Waals surface area (Å²) < 4.78 is 5.91. The molecule has 27 heavy (non-hydrogen) atoms. The van der Waals surface area contributed by atoms with Crippen molar-refractivity contribution >= 4 is 34.7 Å². The second-order valence-electron chi connectivity index (χ2n) is 6.41. The van der Waals surface area contributed by atoms with Crippen molar-refractivity contribution in [2.45, 2.75) is 23.8 Å². The molecule has 3 nitrogen and oxygen atoms in total. The minimum absolute atomic E-state index is 0.590. The van der Waals surface area contributed by atoms with Gasteiger partial charge in [-0.3, -0.25) is 0 Å². The molecule has 0 atom stereocenters. The highest BCUT2D eigenvalue weighted by molar-refractivity contribution is 7.98. The van der Waals surface area contributed by atoms with Crippen LogP contribution < -0.4 is 0 Å². The summed E-state index contributed by atoms with van der Waals surface area (Å²) in [5.74, 6) is 1.37. The summed E-state index contributed by atoms with van der Waals surface area (Å²) in [5, 5.41) is 9.80. The maximum absolute atomic E-state index is 5.93. The van der Waals surface area contributed by atoms with Crippen molar-refractivity contribution in [3.05, 3.63) is 76.3 Å². The molecule has 0 bridgehead atoms. The molecule has 6 heteroatoms. The molecule has 1 aliphatic rings. The van der Waals surface area contributed by atoms with Crippen molar-refractivity contribution < 1.29 is 4.42 Å². The predicted molar refractivity (Wildman–Crippen MR) is 111 cm³/mol. The van der Waals surface area contributed by atoms with Crippen molar-refractivity contribution in [3.8, 4) is 21.2 Å². The van der Waals surface area contributed by atoms with E-state index in [4.69, 9.17) is 16.0 Å². The number of hydrogen-bond acceptors (Lipinski definition) is 5. The molecule has 4 aromatic rings. The molecular weight excluding hydrogens is 396 g/mol. The molecule has 0 saturated heterocycles. The van der Waals surface area contributed by atoms with E-state index in [1.807, 2.05) is 24.3 Å². The van der Waals surface area contributed by atoms with Gasteiger partial charge in [-0.25, -0.2) is 0 Å². The van der Waals surface area contributed by atoms with E-state index in [-0.39, 0.29) is 0 Å². The highest BCUT2D eigenvalue weighted by atomic mass is 35.5. The highest BCUT2D eigenvalue weighted by Crippen LogP contribution is 2.43. The number of thioether (sulfide) groups is 1. The van der Waals surface area contributed by atoms with Gasteiger partial charge < -0.3 is 4.42 Å². The van der Waals surface area contributed by atoms with Gasteiger partial charge in [-0.05, 0) is 53.3 Å². The Kier molecular flexibility index (Phi) is 4.52. The number of aromatic nitrogens is 2. The molecule has 134 valence electrons.